The molecule has 0 saturated heterocycles. The average Bonchev–Trinajstić information content (AvgIpc) is 2.51. The summed E-state index contributed by atoms with van der Waals surface area (Å²) in [5.41, 5.74) is 5.83. The van der Waals surface area contributed by atoms with E-state index in [2.05, 4.69) is 26.3 Å². The fourth-order valence-electron chi connectivity index (χ4n) is 2.34. The molecule has 0 fully saturated rings. The zero-order chi connectivity index (χ0) is 14.8. The number of hydrogen-bond acceptors (Lipinski definition) is 3. The second-order valence-electron chi connectivity index (χ2n) is 4.73. The molecule has 0 aliphatic carbocycles. The Balaban J connectivity index is 2.06. The third-order valence-electron chi connectivity index (χ3n) is 3.41. The topological polar surface area (TPSA) is 50.9 Å². The Hall–Kier alpha value is -1.46. The van der Waals surface area contributed by atoms with Crippen LogP contribution in [0.5, 0.6) is 0 Å². The Labute approximate surface area is 136 Å². The molecular formula is C16H13BrClN3. The van der Waals surface area contributed by atoms with Crippen molar-refractivity contribution in [2.45, 2.75) is 6.04 Å². The highest BCUT2D eigenvalue weighted by molar-refractivity contribution is 9.10. The van der Waals surface area contributed by atoms with Crippen molar-refractivity contribution in [2.75, 3.05) is 0 Å². The molecule has 1 heterocycles. The predicted molar refractivity (Wildman–Crippen MR) is 90.1 cm³/mol. The molecule has 0 spiro atoms. The van der Waals surface area contributed by atoms with Crippen LogP contribution in [-0.2, 0) is 0 Å². The molecule has 0 amide bonds. The first-order valence-corrected chi connectivity index (χ1v) is 7.62. The molecule has 1 unspecified atom stereocenters. The lowest BCUT2D eigenvalue weighted by Crippen LogP contribution is -2.28. The van der Waals surface area contributed by atoms with Gasteiger partial charge in [0.2, 0.25) is 0 Å². The molecule has 5 heteroatoms. The number of hydrazine groups is 1. The van der Waals surface area contributed by atoms with Gasteiger partial charge < -0.3 is 0 Å². The van der Waals surface area contributed by atoms with Crippen LogP contribution in [0.3, 0.4) is 0 Å². The van der Waals surface area contributed by atoms with Crippen molar-refractivity contribution in [3.63, 3.8) is 0 Å². The summed E-state index contributed by atoms with van der Waals surface area (Å²) in [5.74, 6) is 5.74. The largest absolute Gasteiger partial charge is 0.271 e. The van der Waals surface area contributed by atoms with Crippen LogP contribution in [0, 0.1) is 0 Å². The van der Waals surface area contributed by atoms with Crippen molar-refractivity contribution in [3.05, 3.63) is 75.4 Å². The standard InChI is InChI=1S/C16H13BrClN3/c17-13-6-5-11(8-14(13)18)16(21-19)12-4-3-10-2-1-7-20-15(10)9-12/h1-9,16,21H,19H2. The highest BCUT2D eigenvalue weighted by Crippen LogP contribution is 2.29. The van der Waals surface area contributed by atoms with Crippen molar-refractivity contribution in [3.8, 4) is 0 Å². The molecule has 0 bridgehead atoms. The van der Waals surface area contributed by atoms with E-state index in [4.69, 9.17) is 17.4 Å². The lowest BCUT2D eigenvalue weighted by Gasteiger charge is -2.18. The number of nitrogens with one attached hydrogen (secondary N) is 1. The number of pyridine rings is 1. The van der Waals surface area contributed by atoms with E-state index in [-0.39, 0.29) is 6.04 Å². The van der Waals surface area contributed by atoms with Gasteiger partial charge in [0.15, 0.2) is 0 Å². The van der Waals surface area contributed by atoms with E-state index < -0.39 is 0 Å². The van der Waals surface area contributed by atoms with Crippen LogP contribution in [0.1, 0.15) is 17.2 Å². The molecule has 3 aromatic rings. The second-order valence-corrected chi connectivity index (χ2v) is 5.99. The molecule has 21 heavy (non-hydrogen) atoms. The maximum absolute atomic E-state index is 6.17. The molecule has 106 valence electrons. The van der Waals surface area contributed by atoms with Crippen LogP contribution in [-0.4, -0.2) is 4.98 Å². The summed E-state index contributed by atoms with van der Waals surface area (Å²) >= 11 is 9.57. The molecule has 3 N–H and O–H groups in total. The minimum Gasteiger partial charge on any atom is -0.271 e. The van der Waals surface area contributed by atoms with E-state index in [0.717, 1.165) is 26.5 Å². The number of nitrogens with zero attached hydrogens (tertiary/aromatic N) is 1. The third-order valence-corrected chi connectivity index (χ3v) is 4.64. The summed E-state index contributed by atoms with van der Waals surface area (Å²) in [5, 5.41) is 1.76. The number of aromatic nitrogens is 1. The van der Waals surface area contributed by atoms with Crippen molar-refractivity contribution in [1.82, 2.24) is 10.4 Å². The molecule has 0 saturated carbocycles. The van der Waals surface area contributed by atoms with E-state index in [9.17, 15) is 0 Å². The summed E-state index contributed by atoms with van der Waals surface area (Å²) in [7, 11) is 0. The summed E-state index contributed by atoms with van der Waals surface area (Å²) in [6.07, 6.45) is 1.79. The minimum atomic E-state index is -0.137. The van der Waals surface area contributed by atoms with Crippen LogP contribution in [0.2, 0.25) is 5.02 Å². The molecule has 3 nitrogen and oxygen atoms in total. The van der Waals surface area contributed by atoms with Gasteiger partial charge in [-0.15, -0.1) is 0 Å². The molecular weight excluding hydrogens is 350 g/mol. The first-order valence-electron chi connectivity index (χ1n) is 6.45. The zero-order valence-corrected chi connectivity index (χ0v) is 13.4. The minimum absolute atomic E-state index is 0.137. The van der Waals surface area contributed by atoms with Crippen LogP contribution < -0.4 is 11.3 Å². The molecule has 1 aromatic heterocycles. The van der Waals surface area contributed by atoms with Crippen molar-refractivity contribution < 1.29 is 0 Å². The molecule has 0 aliphatic rings. The normalized spacial score (nSPS) is 12.5. The Bertz CT molecular complexity index is 791. The van der Waals surface area contributed by atoms with E-state index >= 15 is 0 Å². The molecule has 0 aliphatic heterocycles. The van der Waals surface area contributed by atoms with Gasteiger partial charge >= 0.3 is 0 Å². The van der Waals surface area contributed by atoms with Crippen LogP contribution >= 0.6 is 27.5 Å². The van der Waals surface area contributed by atoms with Crippen LogP contribution in [0.15, 0.2) is 59.2 Å². The van der Waals surface area contributed by atoms with Gasteiger partial charge in [0.1, 0.15) is 0 Å². The van der Waals surface area contributed by atoms with Crippen molar-refractivity contribution in [2.24, 2.45) is 5.84 Å². The Morgan fingerprint density at radius 2 is 1.86 bits per heavy atom. The van der Waals surface area contributed by atoms with Gasteiger partial charge in [0.25, 0.3) is 0 Å². The smallest absolute Gasteiger partial charge is 0.0711 e. The Morgan fingerprint density at radius 1 is 1.10 bits per heavy atom. The maximum Gasteiger partial charge on any atom is 0.0711 e. The number of hydrogen-bond donors (Lipinski definition) is 2. The van der Waals surface area contributed by atoms with Gasteiger partial charge in [0, 0.05) is 16.1 Å². The van der Waals surface area contributed by atoms with Gasteiger partial charge in [0.05, 0.1) is 16.6 Å². The summed E-state index contributed by atoms with van der Waals surface area (Å²) in [6, 6.07) is 15.8. The third kappa shape index (κ3) is 2.94. The lowest BCUT2D eigenvalue weighted by molar-refractivity contribution is 0.637. The number of benzene rings is 2. The summed E-state index contributed by atoms with van der Waals surface area (Å²) < 4.78 is 0.865. The Kier molecular flexibility index (Phi) is 4.22. The molecule has 3 rings (SSSR count). The second kappa shape index (κ2) is 6.12. The summed E-state index contributed by atoms with van der Waals surface area (Å²) in [6.45, 7) is 0. The fraction of sp³-hybridized carbons (Fsp3) is 0.0625. The summed E-state index contributed by atoms with van der Waals surface area (Å²) in [4.78, 5) is 4.38. The first-order chi connectivity index (χ1) is 10.2. The first kappa shape index (κ1) is 14.5. The van der Waals surface area contributed by atoms with Gasteiger partial charge in [-0.05, 0) is 51.3 Å². The lowest BCUT2D eigenvalue weighted by atomic mass is 9.98. The van der Waals surface area contributed by atoms with E-state index in [0.29, 0.717) is 5.02 Å². The molecule has 0 radical (unpaired) electrons. The van der Waals surface area contributed by atoms with Gasteiger partial charge in [-0.1, -0.05) is 35.9 Å². The average molecular weight is 363 g/mol. The molecule has 2 aromatic carbocycles. The van der Waals surface area contributed by atoms with Crippen LogP contribution in [0.25, 0.3) is 10.9 Å². The zero-order valence-electron chi connectivity index (χ0n) is 11.1. The number of fused-ring (bicyclic) bond motifs is 1. The number of rotatable bonds is 3. The number of nitrogens with two attached hydrogens (primary N) is 1. The van der Waals surface area contributed by atoms with Crippen LogP contribution in [0.4, 0.5) is 0 Å². The van der Waals surface area contributed by atoms with Gasteiger partial charge in [-0.25, -0.2) is 5.43 Å². The van der Waals surface area contributed by atoms with Gasteiger partial charge in [-0.2, -0.15) is 0 Å². The molecule has 1 atom stereocenters. The maximum atomic E-state index is 6.17. The quantitative estimate of drug-likeness (QED) is 0.542. The Morgan fingerprint density at radius 3 is 2.62 bits per heavy atom. The van der Waals surface area contributed by atoms with E-state index in [1.54, 1.807) is 6.20 Å². The predicted octanol–water partition coefficient (Wildman–Crippen LogP) is 4.20. The number of halogens is 2. The van der Waals surface area contributed by atoms with E-state index in [1.807, 2.05) is 48.5 Å². The monoisotopic (exact) mass is 361 g/mol. The van der Waals surface area contributed by atoms with Crippen molar-refractivity contribution in [1.29, 1.82) is 0 Å². The SMILES string of the molecule is NNC(c1ccc(Br)c(Cl)c1)c1ccc2cccnc2c1. The fourth-order valence-corrected chi connectivity index (χ4v) is 2.78. The van der Waals surface area contributed by atoms with E-state index in [1.165, 1.54) is 0 Å². The van der Waals surface area contributed by atoms with Crippen molar-refractivity contribution >= 4 is 38.4 Å². The highest BCUT2D eigenvalue weighted by atomic mass is 79.9. The van der Waals surface area contributed by atoms with Gasteiger partial charge in [-0.3, -0.25) is 10.8 Å². The highest BCUT2D eigenvalue weighted by Gasteiger charge is 2.14.